The van der Waals surface area contributed by atoms with Crippen molar-refractivity contribution in [3.8, 4) is 0 Å². The monoisotopic (exact) mass is 208 g/mol. The third-order valence-corrected chi connectivity index (χ3v) is 1.67. The van der Waals surface area contributed by atoms with Gasteiger partial charge in [0.15, 0.2) is 0 Å². The van der Waals surface area contributed by atoms with E-state index in [1.54, 1.807) is 0 Å². The average molecular weight is 208 g/mol. The molecular weight excluding hydrogens is 198 g/mol. The molecule has 0 fully saturated rings. The third kappa shape index (κ3) is 6.23. The van der Waals surface area contributed by atoms with Crippen molar-refractivity contribution in [2.45, 2.75) is 0 Å². The molecule has 0 aliphatic heterocycles. The molecule has 13 heavy (non-hydrogen) atoms. The van der Waals surface area contributed by atoms with Crippen LogP contribution >= 0.6 is 0 Å². The van der Waals surface area contributed by atoms with Crippen molar-refractivity contribution in [2.24, 2.45) is 0 Å². The van der Waals surface area contributed by atoms with Crippen molar-refractivity contribution in [2.75, 3.05) is 26.5 Å². The van der Waals surface area contributed by atoms with Crippen LogP contribution in [0.25, 0.3) is 0 Å². The van der Waals surface area contributed by atoms with E-state index in [4.69, 9.17) is 0 Å². The lowest BCUT2D eigenvalue weighted by Crippen LogP contribution is -2.32. The highest BCUT2D eigenvalue weighted by atomic mass is 32.2. The molecule has 0 atom stereocenters. The summed E-state index contributed by atoms with van der Waals surface area (Å²) >= 11 is 0. The van der Waals surface area contributed by atoms with E-state index < -0.39 is 22.6 Å². The van der Waals surface area contributed by atoms with Gasteiger partial charge in [0, 0.05) is 7.05 Å². The van der Waals surface area contributed by atoms with E-state index in [2.05, 4.69) is 4.18 Å². The second-order valence-electron chi connectivity index (χ2n) is 2.36. The van der Waals surface area contributed by atoms with Crippen molar-refractivity contribution in [3.05, 3.63) is 0 Å². The summed E-state index contributed by atoms with van der Waals surface area (Å²) in [4.78, 5) is 21.8. The van der Waals surface area contributed by atoms with Gasteiger partial charge in [0.05, 0.1) is 12.8 Å². The molecule has 0 saturated carbocycles. The third-order valence-electron chi connectivity index (χ3n) is 1.12. The zero-order valence-electron chi connectivity index (χ0n) is 7.31. The zero-order valence-corrected chi connectivity index (χ0v) is 8.13. The molecule has 0 rings (SSSR count). The zero-order chi connectivity index (χ0) is 10.5. The van der Waals surface area contributed by atoms with Crippen LogP contribution in [0.15, 0.2) is 0 Å². The predicted octanol–water partition coefficient (Wildman–Crippen LogP) is -1.47. The summed E-state index contributed by atoms with van der Waals surface area (Å²) in [5, 5.41) is 0. The highest BCUT2D eigenvalue weighted by molar-refractivity contribution is 7.86. The summed E-state index contributed by atoms with van der Waals surface area (Å²) in [6.45, 7) is -0.789. The molecule has 0 aromatic rings. The largest absolute Gasteiger partial charge is 0.336 e. The van der Waals surface area contributed by atoms with Gasteiger partial charge in [0.25, 0.3) is 10.1 Å². The molecule has 0 spiro atoms. The van der Waals surface area contributed by atoms with E-state index >= 15 is 0 Å². The molecule has 7 heteroatoms. The van der Waals surface area contributed by atoms with Crippen LogP contribution in [0.2, 0.25) is 0 Å². The number of hydrogen-bond donors (Lipinski definition) is 0. The first-order chi connectivity index (χ1) is 5.87. The first kappa shape index (κ1) is 12.0. The number of hydrogen-bond acceptors (Lipinski definition) is 5. The lowest BCUT2D eigenvalue weighted by Gasteiger charge is -2.12. The Labute approximate surface area is 76.6 Å². The normalized spacial score (nSPS) is 10.9. The number of nitrogens with zero attached hydrogens (tertiary/aromatic N) is 1. The van der Waals surface area contributed by atoms with Gasteiger partial charge in [-0.2, -0.15) is 8.42 Å². The van der Waals surface area contributed by atoms with Gasteiger partial charge in [-0.3, -0.25) is 13.8 Å². The Morgan fingerprint density at radius 2 is 2.08 bits per heavy atom. The highest BCUT2D eigenvalue weighted by Crippen LogP contribution is 1.89. The lowest BCUT2D eigenvalue weighted by atomic mass is 10.5. The average Bonchev–Trinajstić information content (AvgIpc) is 1.99. The molecule has 0 heterocycles. The van der Waals surface area contributed by atoms with E-state index in [-0.39, 0.29) is 6.54 Å². The number of carbonyl (C=O) groups is 1. The van der Waals surface area contributed by atoms with Crippen LogP contribution in [0, 0.1) is 0 Å². The molecule has 0 aromatic carbocycles. The van der Waals surface area contributed by atoms with Crippen LogP contribution in [-0.2, 0) is 23.9 Å². The molecule has 0 saturated heterocycles. The van der Waals surface area contributed by atoms with E-state index in [1.165, 1.54) is 13.3 Å². The maximum absolute atomic E-state index is 10.9. The van der Waals surface area contributed by atoms with Gasteiger partial charge in [-0.15, -0.1) is 0 Å². The minimum Gasteiger partial charge on any atom is -0.336 e. The highest BCUT2D eigenvalue weighted by Gasteiger charge is 2.11. The van der Waals surface area contributed by atoms with Crippen LogP contribution in [0.3, 0.4) is 0 Å². The SMILES string of the molecule is CN(C[C]=O)C(=O)COS(C)(=O)=O. The number of likely N-dealkylation sites (N-methyl/N-ethyl adjacent to an activating group) is 1. The molecule has 75 valence electrons. The second kappa shape index (κ2) is 4.93. The summed E-state index contributed by atoms with van der Waals surface area (Å²) in [6.07, 6.45) is 2.34. The number of rotatable bonds is 5. The predicted molar refractivity (Wildman–Crippen MR) is 44.1 cm³/mol. The molecule has 0 N–H and O–H groups in total. The van der Waals surface area contributed by atoms with Crippen molar-refractivity contribution in [1.82, 2.24) is 4.90 Å². The van der Waals surface area contributed by atoms with Crippen molar-refractivity contribution < 1.29 is 22.2 Å². The Morgan fingerprint density at radius 3 is 2.46 bits per heavy atom. The first-order valence-corrected chi connectivity index (χ1v) is 5.12. The van der Waals surface area contributed by atoms with Crippen molar-refractivity contribution in [3.63, 3.8) is 0 Å². The maximum Gasteiger partial charge on any atom is 0.264 e. The van der Waals surface area contributed by atoms with Gasteiger partial charge in [0.2, 0.25) is 12.2 Å². The number of amides is 1. The fraction of sp³-hybridized carbons (Fsp3) is 0.667. The van der Waals surface area contributed by atoms with E-state index in [0.29, 0.717) is 0 Å². The summed E-state index contributed by atoms with van der Waals surface area (Å²) < 4.78 is 25.1. The Morgan fingerprint density at radius 1 is 1.54 bits per heavy atom. The van der Waals surface area contributed by atoms with Crippen LogP contribution in [0.4, 0.5) is 0 Å². The van der Waals surface area contributed by atoms with Gasteiger partial charge in [-0.05, 0) is 0 Å². The fourth-order valence-corrected chi connectivity index (χ4v) is 0.768. The summed E-state index contributed by atoms with van der Waals surface area (Å²) in [7, 11) is -2.27. The standard InChI is InChI=1S/C6H10NO5S/c1-7(3-4-8)6(9)5-12-13(2,10)11/h3,5H2,1-2H3. The molecule has 1 amide bonds. The van der Waals surface area contributed by atoms with Crippen molar-refractivity contribution in [1.29, 1.82) is 0 Å². The van der Waals surface area contributed by atoms with Crippen LogP contribution in [0.5, 0.6) is 0 Å². The van der Waals surface area contributed by atoms with Gasteiger partial charge in [0.1, 0.15) is 6.61 Å². The van der Waals surface area contributed by atoms with Crippen LogP contribution in [-0.4, -0.2) is 52.0 Å². The van der Waals surface area contributed by atoms with Gasteiger partial charge in [-0.1, -0.05) is 0 Å². The van der Waals surface area contributed by atoms with Crippen LogP contribution in [0.1, 0.15) is 0 Å². The van der Waals surface area contributed by atoms with Crippen LogP contribution < -0.4 is 0 Å². The first-order valence-electron chi connectivity index (χ1n) is 3.30. The van der Waals surface area contributed by atoms with Crippen molar-refractivity contribution >= 4 is 22.3 Å². The molecule has 0 aliphatic rings. The molecule has 1 radical (unpaired) electrons. The van der Waals surface area contributed by atoms with E-state index in [0.717, 1.165) is 11.2 Å². The summed E-state index contributed by atoms with van der Waals surface area (Å²) in [5.74, 6) is -0.589. The summed E-state index contributed by atoms with van der Waals surface area (Å²) in [5.41, 5.74) is 0. The Kier molecular flexibility index (Phi) is 4.57. The Bertz CT molecular complexity index is 283. The van der Waals surface area contributed by atoms with Gasteiger partial charge in [-0.25, -0.2) is 0 Å². The lowest BCUT2D eigenvalue weighted by molar-refractivity contribution is -0.131. The molecule has 0 bridgehead atoms. The quantitative estimate of drug-likeness (QED) is 0.515. The smallest absolute Gasteiger partial charge is 0.264 e. The molecular formula is C6H10NO5S. The Balaban J connectivity index is 3.95. The van der Waals surface area contributed by atoms with Gasteiger partial charge < -0.3 is 4.90 Å². The molecule has 0 aliphatic carbocycles. The molecule has 6 nitrogen and oxygen atoms in total. The minimum absolute atomic E-state index is 0.202. The van der Waals surface area contributed by atoms with Gasteiger partial charge >= 0.3 is 0 Å². The van der Waals surface area contributed by atoms with E-state index in [1.807, 2.05) is 0 Å². The topological polar surface area (TPSA) is 80.8 Å². The number of carbonyl (C=O) groups excluding carboxylic acids is 2. The Hall–Kier alpha value is -0.950. The molecule has 0 unspecified atom stereocenters. The van der Waals surface area contributed by atoms with E-state index in [9.17, 15) is 18.0 Å². The molecule has 0 aromatic heterocycles. The second-order valence-corrected chi connectivity index (χ2v) is 4.00. The maximum atomic E-state index is 10.9. The fourth-order valence-electron chi connectivity index (χ4n) is 0.453. The summed E-state index contributed by atoms with van der Waals surface area (Å²) in [6, 6.07) is 0. The minimum atomic E-state index is -3.61.